The first-order valence-electron chi connectivity index (χ1n) is 3.51. The van der Waals surface area contributed by atoms with Gasteiger partial charge in [0.05, 0.1) is 11.3 Å². The van der Waals surface area contributed by atoms with Crippen molar-refractivity contribution in [1.29, 1.82) is 0 Å². The van der Waals surface area contributed by atoms with Gasteiger partial charge in [-0.1, -0.05) is 0 Å². The molecule has 0 saturated heterocycles. The Hall–Kier alpha value is -1.50. The van der Waals surface area contributed by atoms with E-state index in [0.717, 1.165) is 0 Å². The fraction of sp³-hybridized carbons (Fsp3) is 0.143. The first-order valence-corrected chi connectivity index (χ1v) is 4.30. The smallest absolute Gasteiger partial charge is 0.307 e. The molecule has 0 atom stereocenters. The van der Waals surface area contributed by atoms with Crippen LogP contribution >= 0.6 is 15.9 Å². The van der Waals surface area contributed by atoms with Crippen molar-refractivity contribution in [3.05, 3.63) is 32.5 Å². The topological polar surface area (TPSA) is 93.3 Å². The summed E-state index contributed by atoms with van der Waals surface area (Å²) in [6.45, 7) is 0. The normalized spacial score (nSPS) is 9.79. The van der Waals surface area contributed by atoms with E-state index in [9.17, 15) is 14.9 Å². The molecular weight excluding hydrogens is 256 g/mol. The Morgan fingerprint density at radius 3 is 2.86 bits per heavy atom. The number of rotatable bonds is 3. The third-order valence-electron chi connectivity index (χ3n) is 1.43. The van der Waals surface area contributed by atoms with Crippen LogP contribution in [0.2, 0.25) is 0 Å². The van der Waals surface area contributed by atoms with Crippen molar-refractivity contribution >= 4 is 27.6 Å². The van der Waals surface area contributed by atoms with Gasteiger partial charge in [0, 0.05) is 12.3 Å². The molecule has 1 heterocycles. The Labute approximate surface area is 86.9 Å². The van der Waals surface area contributed by atoms with Crippen molar-refractivity contribution in [2.75, 3.05) is 0 Å². The van der Waals surface area contributed by atoms with Crippen LogP contribution in [0.1, 0.15) is 5.56 Å². The molecule has 0 amide bonds. The summed E-state index contributed by atoms with van der Waals surface area (Å²) in [4.78, 5) is 23.8. The van der Waals surface area contributed by atoms with Crippen LogP contribution < -0.4 is 0 Å². The number of pyridine rings is 1. The van der Waals surface area contributed by atoms with E-state index in [2.05, 4.69) is 20.9 Å². The van der Waals surface area contributed by atoms with Gasteiger partial charge in [-0.15, -0.1) is 0 Å². The quantitative estimate of drug-likeness (QED) is 0.504. The monoisotopic (exact) mass is 260 g/mol. The predicted molar refractivity (Wildman–Crippen MR) is 49.9 cm³/mol. The fourth-order valence-corrected chi connectivity index (χ4v) is 1.24. The summed E-state index contributed by atoms with van der Waals surface area (Å²) >= 11 is 2.90. The molecule has 0 aliphatic carbocycles. The van der Waals surface area contributed by atoms with Crippen LogP contribution in [-0.4, -0.2) is 21.0 Å². The van der Waals surface area contributed by atoms with Crippen molar-refractivity contribution in [1.82, 2.24) is 4.98 Å². The minimum absolute atomic E-state index is 0.0941. The molecular formula is C7H5BrN2O4. The van der Waals surface area contributed by atoms with E-state index in [4.69, 9.17) is 5.11 Å². The maximum atomic E-state index is 10.4. The van der Waals surface area contributed by atoms with Crippen LogP contribution in [0.5, 0.6) is 0 Å². The van der Waals surface area contributed by atoms with Crippen LogP contribution in [0.3, 0.4) is 0 Å². The maximum Gasteiger partial charge on any atom is 0.307 e. The zero-order valence-corrected chi connectivity index (χ0v) is 8.39. The minimum Gasteiger partial charge on any atom is -0.481 e. The van der Waals surface area contributed by atoms with Gasteiger partial charge in [0.2, 0.25) is 0 Å². The average molecular weight is 261 g/mol. The zero-order valence-electron chi connectivity index (χ0n) is 6.81. The highest BCUT2D eigenvalue weighted by molar-refractivity contribution is 9.10. The van der Waals surface area contributed by atoms with Crippen LogP contribution in [0.15, 0.2) is 16.9 Å². The molecule has 0 aliphatic heterocycles. The highest BCUT2D eigenvalue weighted by Crippen LogP contribution is 2.22. The number of hydrogen-bond donors (Lipinski definition) is 1. The van der Waals surface area contributed by atoms with E-state index in [0.29, 0.717) is 5.56 Å². The van der Waals surface area contributed by atoms with Crippen LogP contribution in [0, 0.1) is 10.1 Å². The lowest BCUT2D eigenvalue weighted by molar-refractivity contribution is -0.386. The highest BCUT2D eigenvalue weighted by atomic mass is 79.9. The predicted octanol–water partition coefficient (Wildman–Crippen LogP) is 1.38. The second-order valence-electron chi connectivity index (χ2n) is 2.48. The van der Waals surface area contributed by atoms with Gasteiger partial charge in [-0.05, 0) is 21.5 Å². The molecule has 6 nitrogen and oxygen atoms in total. The number of aliphatic carboxylic acids is 1. The average Bonchev–Trinajstić information content (AvgIpc) is 2.07. The van der Waals surface area contributed by atoms with Crippen molar-refractivity contribution < 1.29 is 14.8 Å². The van der Waals surface area contributed by atoms with Gasteiger partial charge in [-0.25, -0.2) is 4.98 Å². The van der Waals surface area contributed by atoms with Gasteiger partial charge in [0.25, 0.3) is 0 Å². The van der Waals surface area contributed by atoms with Gasteiger partial charge < -0.3 is 5.11 Å². The standard InChI is InChI=1S/C7H5BrN2O4/c8-7-5(10(13)14)1-4(3-9-7)2-6(11)12/h1,3H,2H2,(H,11,12). The van der Waals surface area contributed by atoms with Crippen molar-refractivity contribution in [3.8, 4) is 0 Å². The molecule has 0 radical (unpaired) electrons. The van der Waals surface area contributed by atoms with Crippen molar-refractivity contribution in [2.45, 2.75) is 6.42 Å². The number of hydrogen-bond acceptors (Lipinski definition) is 4. The molecule has 1 rings (SSSR count). The molecule has 1 aromatic heterocycles. The molecule has 0 bridgehead atoms. The van der Waals surface area contributed by atoms with E-state index in [1.54, 1.807) is 0 Å². The Morgan fingerprint density at radius 1 is 1.71 bits per heavy atom. The molecule has 74 valence electrons. The molecule has 0 unspecified atom stereocenters. The number of nitrogens with zero attached hydrogens (tertiary/aromatic N) is 2. The number of nitro groups is 1. The van der Waals surface area contributed by atoms with E-state index >= 15 is 0 Å². The first-order chi connectivity index (χ1) is 6.50. The molecule has 0 aromatic carbocycles. The second kappa shape index (κ2) is 4.14. The summed E-state index contributed by atoms with van der Waals surface area (Å²) in [5.74, 6) is -1.05. The Kier molecular flexibility index (Phi) is 3.13. The summed E-state index contributed by atoms with van der Waals surface area (Å²) in [6, 6.07) is 1.19. The van der Waals surface area contributed by atoms with Gasteiger partial charge in [0.1, 0.15) is 0 Å². The maximum absolute atomic E-state index is 10.4. The Balaban J connectivity index is 3.06. The molecule has 0 spiro atoms. The van der Waals surface area contributed by atoms with Gasteiger partial charge in [0.15, 0.2) is 4.60 Å². The third kappa shape index (κ3) is 2.49. The lowest BCUT2D eigenvalue weighted by Crippen LogP contribution is -2.02. The molecule has 1 aromatic rings. The van der Waals surface area contributed by atoms with E-state index in [1.807, 2.05) is 0 Å². The lowest BCUT2D eigenvalue weighted by atomic mass is 10.2. The molecule has 0 fully saturated rings. The summed E-state index contributed by atoms with van der Waals surface area (Å²) < 4.78 is 0.0941. The van der Waals surface area contributed by atoms with Gasteiger partial charge in [-0.2, -0.15) is 0 Å². The van der Waals surface area contributed by atoms with Crippen LogP contribution in [0.4, 0.5) is 5.69 Å². The summed E-state index contributed by atoms with van der Waals surface area (Å²) in [5.41, 5.74) is 0.0659. The minimum atomic E-state index is -1.05. The van der Waals surface area contributed by atoms with Crippen molar-refractivity contribution in [2.24, 2.45) is 0 Å². The fourth-order valence-electron chi connectivity index (χ4n) is 0.877. The van der Waals surface area contributed by atoms with Gasteiger partial charge in [-0.3, -0.25) is 14.9 Å². The molecule has 1 N–H and O–H groups in total. The zero-order chi connectivity index (χ0) is 10.7. The first kappa shape index (κ1) is 10.6. The van der Waals surface area contributed by atoms with E-state index in [-0.39, 0.29) is 16.7 Å². The molecule has 0 saturated carbocycles. The van der Waals surface area contributed by atoms with E-state index in [1.165, 1.54) is 12.3 Å². The second-order valence-corrected chi connectivity index (χ2v) is 3.23. The number of halogens is 1. The Morgan fingerprint density at radius 2 is 2.36 bits per heavy atom. The van der Waals surface area contributed by atoms with Gasteiger partial charge >= 0.3 is 11.7 Å². The Bertz CT molecular complexity index is 393. The number of carboxylic acid groups (broad SMARTS) is 1. The van der Waals surface area contributed by atoms with Crippen LogP contribution in [0.25, 0.3) is 0 Å². The molecule has 0 aliphatic rings. The van der Waals surface area contributed by atoms with E-state index < -0.39 is 10.9 Å². The SMILES string of the molecule is O=C(O)Cc1cnc(Br)c([N+](=O)[O-])c1. The summed E-state index contributed by atoms with van der Waals surface area (Å²) in [5, 5.41) is 18.9. The molecule has 14 heavy (non-hydrogen) atoms. The summed E-state index contributed by atoms with van der Waals surface area (Å²) in [6.07, 6.45) is 1.01. The van der Waals surface area contributed by atoms with Crippen LogP contribution in [-0.2, 0) is 11.2 Å². The third-order valence-corrected chi connectivity index (χ3v) is 2.04. The van der Waals surface area contributed by atoms with Crippen molar-refractivity contribution in [3.63, 3.8) is 0 Å². The largest absolute Gasteiger partial charge is 0.481 e. The number of carboxylic acids is 1. The lowest BCUT2D eigenvalue weighted by Gasteiger charge is -1.98. The highest BCUT2D eigenvalue weighted by Gasteiger charge is 2.14. The molecule has 7 heteroatoms. The number of carbonyl (C=O) groups is 1. The number of aromatic nitrogens is 1. The summed E-state index contributed by atoms with van der Waals surface area (Å²) in [7, 11) is 0.